The Labute approximate surface area is 122 Å². The van der Waals surface area contributed by atoms with E-state index in [2.05, 4.69) is 6.92 Å². The maximum Gasteiger partial charge on any atom is 0.0818 e. The first kappa shape index (κ1) is 14.9. The Kier molecular flexibility index (Phi) is 5.29. The third-order valence-electron chi connectivity index (χ3n) is 4.57. The molecule has 2 rings (SSSR count). The van der Waals surface area contributed by atoms with Crippen LogP contribution >= 0.6 is 11.6 Å². The lowest BCUT2D eigenvalue weighted by Gasteiger charge is -2.31. The van der Waals surface area contributed by atoms with Gasteiger partial charge in [0.05, 0.1) is 6.10 Å². The van der Waals surface area contributed by atoms with Crippen LogP contribution in [0.25, 0.3) is 0 Å². The molecule has 0 amide bonds. The molecule has 0 heterocycles. The highest BCUT2D eigenvalue weighted by Gasteiger charge is 2.27. The van der Waals surface area contributed by atoms with Gasteiger partial charge in [0, 0.05) is 5.02 Å². The van der Waals surface area contributed by atoms with Crippen molar-refractivity contribution in [2.24, 2.45) is 11.8 Å². The topological polar surface area (TPSA) is 20.2 Å². The molecule has 0 spiro atoms. The van der Waals surface area contributed by atoms with Crippen LogP contribution in [0.2, 0.25) is 5.02 Å². The zero-order valence-corrected chi connectivity index (χ0v) is 12.8. The van der Waals surface area contributed by atoms with Gasteiger partial charge >= 0.3 is 0 Å². The minimum absolute atomic E-state index is 0.347. The fourth-order valence-electron chi connectivity index (χ4n) is 3.27. The number of aliphatic hydroxyl groups is 1. The number of benzene rings is 1. The number of hydrogen-bond acceptors (Lipinski definition) is 1. The van der Waals surface area contributed by atoms with Gasteiger partial charge in [0.1, 0.15) is 0 Å². The van der Waals surface area contributed by atoms with Gasteiger partial charge in [-0.05, 0) is 48.8 Å². The summed E-state index contributed by atoms with van der Waals surface area (Å²) in [5.74, 6) is 1.29. The minimum atomic E-state index is -0.347. The number of aliphatic hydroxyl groups excluding tert-OH is 1. The van der Waals surface area contributed by atoms with Gasteiger partial charge < -0.3 is 5.11 Å². The lowest BCUT2D eigenvalue weighted by atomic mass is 9.76. The normalized spacial score (nSPS) is 25.3. The first-order valence-corrected chi connectivity index (χ1v) is 7.93. The maximum atomic E-state index is 10.5. The van der Waals surface area contributed by atoms with E-state index in [4.69, 9.17) is 11.6 Å². The Hall–Kier alpha value is -0.530. The molecular formula is C17H25ClO. The largest absolute Gasteiger partial charge is 0.388 e. The van der Waals surface area contributed by atoms with Crippen LogP contribution in [0.3, 0.4) is 0 Å². The van der Waals surface area contributed by atoms with Crippen LogP contribution in [0, 0.1) is 18.8 Å². The van der Waals surface area contributed by atoms with Crippen molar-refractivity contribution >= 4 is 11.6 Å². The van der Waals surface area contributed by atoms with Crippen LogP contribution in [0.5, 0.6) is 0 Å². The predicted octanol–water partition coefficient (Wildman–Crippen LogP) is 5.29. The van der Waals surface area contributed by atoms with Gasteiger partial charge in [0.15, 0.2) is 0 Å². The number of rotatable bonds is 4. The summed E-state index contributed by atoms with van der Waals surface area (Å²) in [5.41, 5.74) is 2.05. The number of aryl methyl sites for hydroxylation is 1. The summed E-state index contributed by atoms with van der Waals surface area (Å²) >= 11 is 6.15. The molecule has 1 aliphatic carbocycles. The average molecular weight is 281 g/mol. The SMILES string of the molecule is CCCC1CCC(C(O)c2ccc(C)c(Cl)c2)CC1. The monoisotopic (exact) mass is 280 g/mol. The Bertz CT molecular complexity index is 408. The molecule has 0 bridgehead atoms. The van der Waals surface area contributed by atoms with Crippen molar-refractivity contribution in [2.45, 2.75) is 58.5 Å². The maximum absolute atomic E-state index is 10.5. The van der Waals surface area contributed by atoms with Crippen molar-refractivity contribution in [1.82, 2.24) is 0 Å². The molecule has 1 aliphatic rings. The average Bonchev–Trinajstić information content (AvgIpc) is 2.42. The van der Waals surface area contributed by atoms with Crippen molar-refractivity contribution in [2.75, 3.05) is 0 Å². The Morgan fingerprint density at radius 1 is 1.26 bits per heavy atom. The zero-order chi connectivity index (χ0) is 13.8. The van der Waals surface area contributed by atoms with E-state index in [1.54, 1.807) is 0 Å². The second kappa shape index (κ2) is 6.76. The summed E-state index contributed by atoms with van der Waals surface area (Å²) in [7, 11) is 0. The first-order valence-electron chi connectivity index (χ1n) is 7.56. The fourth-order valence-corrected chi connectivity index (χ4v) is 3.46. The number of halogens is 1. The van der Waals surface area contributed by atoms with Gasteiger partial charge in [-0.25, -0.2) is 0 Å². The third-order valence-corrected chi connectivity index (χ3v) is 4.98. The summed E-state index contributed by atoms with van der Waals surface area (Å²) in [6.07, 6.45) is 7.13. The van der Waals surface area contributed by atoms with Crippen molar-refractivity contribution < 1.29 is 5.11 Å². The second-order valence-electron chi connectivity index (χ2n) is 6.02. The molecule has 0 aromatic heterocycles. The van der Waals surface area contributed by atoms with Gasteiger partial charge in [-0.1, -0.05) is 56.3 Å². The molecule has 1 unspecified atom stereocenters. The Morgan fingerprint density at radius 3 is 2.53 bits per heavy atom. The molecule has 0 saturated heterocycles. The third kappa shape index (κ3) is 3.73. The van der Waals surface area contributed by atoms with Crippen LogP contribution in [0.15, 0.2) is 18.2 Å². The molecule has 1 saturated carbocycles. The predicted molar refractivity (Wildman–Crippen MR) is 81.5 cm³/mol. The van der Waals surface area contributed by atoms with Gasteiger partial charge in [-0.3, -0.25) is 0 Å². The van der Waals surface area contributed by atoms with E-state index in [-0.39, 0.29) is 6.10 Å². The molecule has 1 atom stereocenters. The lowest BCUT2D eigenvalue weighted by molar-refractivity contribution is 0.0722. The van der Waals surface area contributed by atoms with Gasteiger partial charge in [-0.2, -0.15) is 0 Å². The van der Waals surface area contributed by atoms with E-state index in [9.17, 15) is 5.11 Å². The molecule has 19 heavy (non-hydrogen) atoms. The molecule has 0 radical (unpaired) electrons. The molecule has 0 aliphatic heterocycles. The van der Waals surface area contributed by atoms with Crippen LogP contribution in [0.4, 0.5) is 0 Å². The quantitative estimate of drug-likeness (QED) is 0.795. The molecular weight excluding hydrogens is 256 g/mol. The fraction of sp³-hybridized carbons (Fsp3) is 0.647. The Morgan fingerprint density at radius 2 is 1.95 bits per heavy atom. The van der Waals surface area contributed by atoms with E-state index in [1.165, 1.54) is 25.7 Å². The highest BCUT2D eigenvalue weighted by Crippen LogP contribution is 2.38. The standard InChI is InChI=1S/C17H25ClO/c1-3-4-13-6-9-14(10-7-13)17(19)15-8-5-12(2)16(18)11-15/h5,8,11,13-14,17,19H,3-4,6-7,9-10H2,1-2H3. The summed E-state index contributed by atoms with van der Waals surface area (Å²) < 4.78 is 0. The highest BCUT2D eigenvalue weighted by atomic mass is 35.5. The van der Waals surface area contributed by atoms with Crippen molar-refractivity contribution in [3.63, 3.8) is 0 Å². The molecule has 1 nitrogen and oxygen atoms in total. The first-order chi connectivity index (χ1) is 9.11. The van der Waals surface area contributed by atoms with Crippen LogP contribution in [0.1, 0.15) is 62.7 Å². The lowest BCUT2D eigenvalue weighted by Crippen LogP contribution is -2.20. The summed E-state index contributed by atoms with van der Waals surface area (Å²) in [5, 5.41) is 11.3. The molecule has 1 aromatic rings. The van der Waals surface area contributed by atoms with Crippen molar-refractivity contribution in [3.8, 4) is 0 Å². The summed E-state index contributed by atoms with van der Waals surface area (Å²) in [6, 6.07) is 5.95. The molecule has 1 N–H and O–H groups in total. The molecule has 2 heteroatoms. The second-order valence-corrected chi connectivity index (χ2v) is 6.43. The summed E-state index contributed by atoms with van der Waals surface area (Å²) in [4.78, 5) is 0. The minimum Gasteiger partial charge on any atom is -0.388 e. The molecule has 106 valence electrons. The van der Waals surface area contributed by atoms with E-state index in [1.807, 2.05) is 25.1 Å². The van der Waals surface area contributed by atoms with Crippen LogP contribution < -0.4 is 0 Å². The van der Waals surface area contributed by atoms with Crippen LogP contribution in [-0.2, 0) is 0 Å². The van der Waals surface area contributed by atoms with Gasteiger partial charge in [0.2, 0.25) is 0 Å². The highest BCUT2D eigenvalue weighted by molar-refractivity contribution is 6.31. The smallest absolute Gasteiger partial charge is 0.0818 e. The van der Waals surface area contributed by atoms with E-state index in [0.717, 1.165) is 34.9 Å². The van der Waals surface area contributed by atoms with Crippen molar-refractivity contribution in [3.05, 3.63) is 34.3 Å². The van der Waals surface area contributed by atoms with Crippen molar-refractivity contribution in [1.29, 1.82) is 0 Å². The Balaban J connectivity index is 1.97. The van der Waals surface area contributed by atoms with E-state index >= 15 is 0 Å². The van der Waals surface area contributed by atoms with E-state index < -0.39 is 0 Å². The molecule has 1 aromatic carbocycles. The molecule has 1 fully saturated rings. The number of hydrogen-bond donors (Lipinski definition) is 1. The zero-order valence-electron chi connectivity index (χ0n) is 12.0. The van der Waals surface area contributed by atoms with Gasteiger partial charge in [0.25, 0.3) is 0 Å². The van der Waals surface area contributed by atoms with E-state index in [0.29, 0.717) is 5.92 Å². The summed E-state index contributed by atoms with van der Waals surface area (Å²) in [6.45, 7) is 4.25. The van der Waals surface area contributed by atoms with Crippen LogP contribution in [-0.4, -0.2) is 5.11 Å². The van der Waals surface area contributed by atoms with Gasteiger partial charge in [-0.15, -0.1) is 0 Å².